The third kappa shape index (κ3) is 7.31. The van der Waals surface area contributed by atoms with E-state index in [0.29, 0.717) is 65.5 Å². The number of hydrogen-bond donors (Lipinski definition) is 0. The molecule has 2 amide bonds. The van der Waals surface area contributed by atoms with Crippen LogP contribution in [-0.4, -0.2) is 85.6 Å². The average molecular weight is 484 g/mol. The molecule has 0 radical (unpaired) electrons. The Hall–Kier alpha value is -2.38. The van der Waals surface area contributed by atoms with E-state index in [0.717, 1.165) is 24.3 Å². The molecule has 2 bridgehead atoms. The second kappa shape index (κ2) is 11.6. The van der Waals surface area contributed by atoms with Gasteiger partial charge in [-0.25, -0.2) is 0 Å². The first-order valence-corrected chi connectivity index (χ1v) is 13.0. The number of carbonyl (C=O) groups is 2. The van der Waals surface area contributed by atoms with Crippen molar-refractivity contribution in [3.63, 3.8) is 0 Å². The molecular formula is C28H41N3O4. The van der Waals surface area contributed by atoms with Crippen LogP contribution < -0.4 is 4.74 Å². The second-order valence-corrected chi connectivity index (χ2v) is 11.3. The van der Waals surface area contributed by atoms with Crippen molar-refractivity contribution >= 4 is 11.8 Å². The minimum absolute atomic E-state index is 0.0704. The summed E-state index contributed by atoms with van der Waals surface area (Å²) in [4.78, 5) is 32.6. The minimum atomic E-state index is 0.0704. The molecule has 0 saturated carbocycles. The van der Waals surface area contributed by atoms with E-state index in [1.54, 1.807) is 0 Å². The van der Waals surface area contributed by atoms with Gasteiger partial charge in [0.15, 0.2) is 0 Å². The lowest BCUT2D eigenvalue weighted by Crippen LogP contribution is -2.49. The molecule has 1 aromatic carbocycles. The molecule has 0 spiro atoms. The Morgan fingerprint density at radius 1 is 1.09 bits per heavy atom. The van der Waals surface area contributed by atoms with Gasteiger partial charge in [0.2, 0.25) is 11.8 Å². The van der Waals surface area contributed by atoms with Crippen LogP contribution in [0.15, 0.2) is 36.4 Å². The number of piperidine rings is 1. The van der Waals surface area contributed by atoms with Crippen LogP contribution in [-0.2, 0) is 20.9 Å². The molecule has 2 saturated heterocycles. The van der Waals surface area contributed by atoms with Crippen LogP contribution in [0.2, 0.25) is 0 Å². The van der Waals surface area contributed by atoms with Crippen LogP contribution in [0.1, 0.15) is 39.2 Å². The third-order valence-electron chi connectivity index (χ3n) is 7.10. The lowest BCUT2D eigenvalue weighted by Gasteiger charge is -2.39. The molecule has 1 aromatic rings. The normalized spacial score (nSPS) is 25.5. The quantitative estimate of drug-likeness (QED) is 0.618. The molecule has 3 aliphatic rings. The number of fused-ring (bicyclic) bond motifs is 3. The number of rotatable bonds is 3. The van der Waals surface area contributed by atoms with E-state index in [1.807, 2.05) is 28.0 Å². The number of morpholine rings is 1. The molecule has 192 valence electrons. The Kier molecular flexibility index (Phi) is 8.50. The first kappa shape index (κ1) is 25.7. The number of ether oxygens (including phenoxy) is 2. The van der Waals surface area contributed by atoms with E-state index >= 15 is 0 Å². The van der Waals surface area contributed by atoms with Crippen molar-refractivity contribution in [2.75, 3.05) is 59.1 Å². The van der Waals surface area contributed by atoms with Crippen LogP contribution in [0, 0.1) is 17.3 Å². The van der Waals surface area contributed by atoms with Gasteiger partial charge in [0.05, 0.1) is 19.8 Å². The Labute approximate surface area is 210 Å². The minimum Gasteiger partial charge on any atom is -0.489 e. The van der Waals surface area contributed by atoms with Crippen molar-refractivity contribution in [1.82, 2.24) is 14.7 Å². The third-order valence-corrected chi connectivity index (χ3v) is 7.10. The first-order chi connectivity index (χ1) is 16.8. The van der Waals surface area contributed by atoms with Crippen molar-refractivity contribution in [1.29, 1.82) is 0 Å². The summed E-state index contributed by atoms with van der Waals surface area (Å²) in [6.07, 6.45) is 5.60. The number of benzene rings is 1. The zero-order valence-electron chi connectivity index (χ0n) is 21.6. The van der Waals surface area contributed by atoms with Crippen molar-refractivity contribution in [2.45, 2.75) is 40.2 Å². The zero-order chi connectivity index (χ0) is 24.8. The predicted octanol–water partition coefficient (Wildman–Crippen LogP) is 3.20. The summed E-state index contributed by atoms with van der Waals surface area (Å²) in [5.74, 6) is 1.62. The van der Waals surface area contributed by atoms with Gasteiger partial charge in [0.25, 0.3) is 0 Å². The van der Waals surface area contributed by atoms with E-state index in [2.05, 4.69) is 43.9 Å². The molecular weight excluding hydrogens is 442 g/mol. The van der Waals surface area contributed by atoms with Gasteiger partial charge in [-0.3, -0.25) is 14.5 Å². The number of nitrogens with zero attached hydrogens (tertiary/aromatic N) is 3. The monoisotopic (exact) mass is 483 g/mol. The molecule has 2 atom stereocenters. The molecule has 0 N–H and O–H groups in total. The summed E-state index contributed by atoms with van der Waals surface area (Å²) in [5, 5.41) is 0. The fraction of sp³-hybridized carbons (Fsp3) is 0.643. The second-order valence-electron chi connectivity index (χ2n) is 11.3. The van der Waals surface area contributed by atoms with Crippen molar-refractivity contribution in [3.8, 4) is 5.75 Å². The largest absolute Gasteiger partial charge is 0.489 e. The Morgan fingerprint density at radius 3 is 2.63 bits per heavy atom. The molecule has 0 aliphatic carbocycles. The molecule has 3 aliphatic heterocycles. The lowest BCUT2D eigenvalue weighted by molar-refractivity contribution is -0.138. The van der Waals surface area contributed by atoms with Gasteiger partial charge in [-0.1, -0.05) is 51.1 Å². The van der Waals surface area contributed by atoms with E-state index in [1.165, 1.54) is 0 Å². The standard InChI is InChI=1S/C28H41N3O4/c1-28(2,3)21-29-18-24-7-4-5-9-25(24)35-14-6-8-23-19-31(27(33)20-29)11-10-22(23)17-26(32)30-12-15-34-16-13-30/h4-9,22-23H,10-21H2,1-3H3/b8-6-/t22-,23-/m0/s1. The molecule has 0 aromatic heterocycles. The van der Waals surface area contributed by atoms with E-state index < -0.39 is 0 Å². The highest BCUT2D eigenvalue weighted by Gasteiger charge is 2.33. The van der Waals surface area contributed by atoms with Gasteiger partial charge < -0.3 is 19.3 Å². The summed E-state index contributed by atoms with van der Waals surface area (Å²) in [6, 6.07) is 8.11. The highest BCUT2D eigenvalue weighted by atomic mass is 16.5. The Bertz CT molecular complexity index is 904. The summed E-state index contributed by atoms with van der Waals surface area (Å²) < 4.78 is 11.6. The smallest absolute Gasteiger partial charge is 0.236 e. The number of carbonyl (C=O) groups excluding carboxylic acids is 2. The summed E-state index contributed by atoms with van der Waals surface area (Å²) in [7, 11) is 0. The van der Waals surface area contributed by atoms with Crippen molar-refractivity contribution in [3.05, 3.63) is 42.0 Å². The van der Waals surface area contributed by atoms with E-state index in [-0.39, 0.29) is 29.1 Å². The summed E-state index contributed by atoms with van der Waals surface area (Å²) in [6.45, 7) is 12.9. The Balaban J connectivity index is 1.52. The van der Waals surface area contributed by atoms with Crippen molar-refractivity contribution < 1.29 is 19.1 Å². The fourth-order valence-corrected chi connectivity index (χ4v) is 5.41. The highest BCUT2D eigenvalue weighted by molar-refractivity contribution is 5.79. The van der Waals surface area contributed by atoms with Crippen LogP contribution in [0.4, 0.5) is 0 Å². The molecule has 7 heteroatoms. The molecule has 0 unspecified atom stereocenters. The predicted molar refractivity (Wildman–Crippen MR) is 136 cm³/mol. The van der Waals surface area contributed by atoms with Gasteiger partial charge in [-0.2, -0.15) is 0 Å². The van der Waals surface area contributed by atoms with Gasteiger partial charge in [-0.15, -0.1) is 0 Å². The van der Waals surface area contributed by atoms with E-state index in [4.69, 9.17) is 9.47 Å². The van der Waals surface area contributed by atoms with Gasteiger partial charge in [0, 0.05) is 51.3 Å². The van der Waals surface area contributed by atoms with Gasteiger partial charge >= 0.3 is 0 Å². The van der Waals surface area contributed by atoms with Crippen molar-refractivity contribution in [2.24, 2.45) is 17.3 Å². The maximum atomic E-state index is 13.5. The zero-order valence-corrected chi connectivity index (χ0v) is 21.6. The SMILES string of the molecule is CC(C)(C)CN1CC(=O)N2CC[C@@H](CC(=O)N3CCOCC3)[C@@H](/C=C\COc3ccccc3C1)C2. The molecule has 7 nitrogen and oxygen atoms in total. The van der Waals surface area contributed by atoms with Crippen LogP contribution in [0.5, 0.6) is 5.75 Å². The molecule has 4 rings (SSSR count). The van der Waals surface area contributed by atoms with Crippen LogP contribution in [0.3, 0.4) is 0 Å². The highest BCUT2D eigenvalue weighted by Crippen LogP contribution is 2.30. The van der Waals surface area contributed by atoms with E-state index in [9.17, 15) is 9.59 Å². The first-order valence-electron chi connectivity index (χ1n) is 13.0. The molecule has 3 heterocycles. The summed E-state index contributed by atoms with van der Waals surface area (Å²) in [5.41, 5.74) is 1.17. The van der Waals surface area contributed by atoms with Gasteiger partial charge in [0.1, 0.15) is 12.4 Å². The maximum absolute atomic E-state index is 13.5. The fourth-order valence-electron chi connectivity index (χ4n) is 5.41. The van der Waals surface area contributed by atoms with Crippen LogP contribution in [0.25, 0.3) is 0 Å². The summed E-state index contributed by atoms with van der Waals surface area (Å²) >= 11 is 0. The lowest BCUT2D eigenvalue weighted by atomic mass is 9.82. The number of hydrogen-bond acceptors (Lipinski definition) is 5. The topological polar surface area (TPSA) is 62.3 Å². The molecule has 2 fully saturated rings. The molecule has 35 heavy (non-hydrogen) atoms. The Morgan fingerprint density at radius 2 is 1.86 bits per heavy atom. The van der Waals surface area contributed by atoms with Crippen LogP contribution >= 0.6 is 0 Å². The number of para-hydroxylation sites is 1. The maximum Gasteiger partial charge on any atom is 0.236 e. The number of amides is 2. The van der Waals surface area contributed by atoms with Gasteiger partial charge in [-0.05, 0) is 29.7 Å². The average Bonchev–Trinajstić information content (AvgIpc) is 2.83.